The van der Waals surface area contributed by atoms with Crippen molar-refractivity contribution in [2.75, 3.05) is 38.3 Å². The Morgan fingerprint density at radius 1 is 1.43 bits per heavy atom. The van der Waals surface area contributed by atoms with E-state index in [1.165, 1.54) is 19.3 Å². The highest BCUT2D eigenvalue weighted by molar-refractivity contribution is 5.55. The van der Waals surface area contributed by atoms with Crippen LogP contribution in [-0.4, -0.2) is 33.4 Å². The summed E-state index contributed by atoms with van der Waals surface area (Å²) in [6.07, 6.45) is 3.63. The van der Waals surface area contributed by atoms with E-state index >= 15 is 0 Å². The Balaban J connectivity index is 2.04. The summed E-state index contributed by atoms with van der Waals surface area (Å²) >= 11 is 0. The van der Waals surface area contributed by atoms with Crippen molar-refractivity contribution in [1.82, 2.24) is 5.32 Å². The van der Waals surface area contributed by atoms with Gasteiger partial charge in [-0.25, -0.2) is 4.39 Å². The van der Waals surface area contributed by atoms with Gasteiger partial charge in [-0.1, -0.05) is 25.5 Å². The first-order valence-corrected chi connectivity index (χ1v) is 7.98. The number of ether oxygens (including phenoxy) is 1. The van der Waals surface area contributed by atoms with Crippen LogP contribution in [0.4, 0.5) is 10.1 Å². The van der Waals surface area contributed by atoms with E-state index in [-0.39, 0.29) is 5.82 Å². The summed E-state index contributed by atoms with van der Waals surface area (Å²) < 4.78 is 19.3. The molecule has 4 heteroatoms. The number of methoxy groups -OCH3 is 1. The predicted molar refractivity (Wildman–Crippen MR) is 85.2 cm³/mol. The van der Waals surface area contributed by atoms with Crippen LogP contribution in [0, 0.1) is 11.7 Å². The monoisotopic (exact) mass is 294 g/mol. The van der Waals surface area contributed by atoms with E-state index in [2.05, 4.69) is 17.1 Å². The third-order valence-electron chi connectivity index (χ3n) is 4.17. The Labute approximate surface area is 127 Å². The van der Waals surface area contributed by atoms with Crippen LogP contribution in [0.15, 0.2) is 18.2 Å². The minimum Gasteiger partial charge on any atom is -0.383 e. The molecule has 1 aromatic carbocycles. The lowest BCUT2D eigenvalue weighted by Gasteiger charge is -2.23. The molecule has 1 atom stereocenters. The normalized spacial score (nSPS) is 18.4. The van der Waals surface area contributed by atoms with Gasteiger partial charge in [0.15, 0.2) is 0 Å². The van der Waals surface area contributed by atoms with Crippen molar-refractivity contribution in [1.29, 1.82) is 0 Å². The summed E-state index contributed by atoms with van der Waals surface area (Å²) in [6.45, 7) is 6.32. The number of nitrogens with one attached hydrogen (secondary N) is 1. The molecule has 0 amide bonds. The molecule has 0 saturated carbocycles. The second-order valence-corrected chi connectivity index (χ2v) is 5.81. The molecule has 1 aromatic rings. The van der Waals surface area contributed by atoms with Gasteiger partial charge in [0.05, 0.1) is 12.3 Å². The average molecular weight is 294 g/mol. The molecular weight excluding hydrogens is 267 g/mol. The van der Waals surface area contributed by atoms with Gasteiger partial charge in [-0.05, 0) is 30.4 Å². The lowest BCUT2D eigenvalue weighted by Crippen LogP contribution is -2.25. The molecule has 2 rings (SSSR count). The zero-order valence-electron chi connectivity index (χ0n) is 13.2. The fourth-order valence-corrected chi connectivity index (χ4v) is 3.13. The molecule has 1 fully saturated rings. The summed E-state index contributed by atoms with van der Waals surface area (Å²) in [5.41, 5.74) is 1.84. The molecule has 1 saturated heterocycles. The van der Waals surface area contributed by atoms with Gasteiger partial charge in [-0.2, -0.15) is 0 Å². The zero-order valence-corrected chi connectivity index (χ0v) is 13.2. The smallest absolute Gasteiger partial charge is 0.146 e. The maximum Gasteiger partial charge on any atom is 0.146 e. The molecule has 1 aliphatic rings. The maximum atomic E-state index is 14.3. The Morgan fingerprint density at radius 3 is 3.05 bits per heavy atom. The van der Waals surface area contributed by atoms with Gasteiger partial charge < -0.3 is 15.0 Å². The van der Waals surface area contributed by atoms with E-state index in [0.29, 0.717) is 19.1 Å². The first-order valence-electron chi connectivity index (χ1n) is 7.98. The SMILES string of the molecule is CCCC1CCN(c2c(F)cccc2CNCCOC)C1. The van der Waals surface area contributed by atoms with E-state index in [4.69, 9.17) is 4.74 Å². The van der Waals surface area contributed by atoms with E-state index in [9.17, 15) is 4.39 Å². The van der Waals surface area contributed by atoms with Crippen LogP contribution in [0.1, 0.15) is 31.7 Å². The van der Waals surface area contributed by atoms with E-state index in [0.717, 1.165) is 30.9 Å². The second-order valence-electron chi connectivity index (χ2n) is 5.81. The second kappa shape index (κ2) is 8.35. The van der Waals surface area contributed by atoms with Gasteiger partial charge in [0, 0.05) is 33.3 Å². The molecule has 1 N–H and O–H groups in total. The number of rotatable bonds is 8. The number of nitrogens with zero attached hydrogens (tertiary/aromatic N) is 1. The van der Waals surface area contributed by atoms with Crippen molar-refractivity contribution in [3.63, 3.8) is 0 Å². The van der Waals surface area contributed by atoms with Crippen molar-refractivity contribution >= 4 is 5.69 Å². The number of hydrogen-bond acceptors (Lipinski definition) is 3. The van der Waals surface area contributed by atoms with Crippen molar-refractivity contribution in [2.45, 2.75) is 32.7 Å². The summed E-state index contributed by atoms with van der Waals surface area (Å²) in [6, 6.07) is 5.39. The standard InChI is InChI=1S/C17H27FN2O/c1-3-5-14-8-10-20(13-14)17-15(6-4-7-16(17)18)12-19-9-11-21-2/h4,6-7,14,19H,3,5,8-13H2,1-2H3. The number of anilines is 1. The van der Waals surface area contributed by atoms with Gasteiger partial charge in [0.1, 0.15) is 5.82 Å². The summed E-state index contributed by atoms with van der Waals surface area (Å²) in [5, 5.41) is 3.31. The predicted octanol–water partition coefficient (Wildman–Crippen LogP) is 3.19. The van der Waals surface area contributed by atoms with Crippen LogP contribution in [0.2, 0.25) is 0 Å². The molecule has 0 bridgehead atoms. The number of benzene rings is 1. The average Bonchev–Trinajstić information content (AvgIpc) is 2.92. The fraction of sp³-hybridized carbons (Fsp3) is 0.647. The first-order chi connectivity index (χ1) is 10.3. The molecule has 0 spiro atoms. The van der Waals surface area contributed by atoms with Crippen LogP contribution in [0.3, 0.4) is 0 Å². The molecular formula is C17H27FN2O. The number of para-hydroxylation sites is 1. The summed E-state index contributed by atoms with van der Waals surface area (Å²) in [5.74, 6) is 0.613. The van der Waals surface area contributed by atoms with Crippen molar-refractivity contribution < 1.29 is 9.13 Å². The minimum atomic E-state index is -0.0989. The molecule has 1 aliphatic heterocycles. The zero-order chi connectivity index (χ0) is 15.1. The van der Waals surface area contributed by atoms with Gasteiger partial charge in [0.25, 0.3) is 0 Å². The van der Waals surface area contributed by atoms with Gasteiger partial charge in [0.2, 0.25) is 0 Å². The van der Waals surface area contributed by atoms with E-state index < -0.39 is 0 Å². The summed E-state index contributed by atoms with van der Waals surface area (Å²) in [7, 11) is 1.69. The van der Waals surface area contributed by atoms with Gasteiger partial charge >= 0.3 is 0 Å². The molecule has 1 heterocycles. The Hall–Kier alpha value is -1.13. The molecule has 21 heavy (non-hydrogen) atoms. The molecule has 3 nitrogen and oxygen atoms in total. The molecule has 1 unspecified atom stereocenters. The molecule has 0 radical (unpaired) electrons. The first kappa shape index (κ1) is 16.2. The van der Waals surface area contributed by atoms with E-state index in [1.54, 1.807) is 19.2 Å². The van der Waals surface area contributed by atoms with Crippen LogP contribution < -0.4 is 10.2 Å². The minimum absolute atomic E-state index is 0.0989. The Bertz CT molecular complexity index is 439. The van der Waals surface area contributed by atoms with Gasteiger partial charge in [-0.3, -0.25) is 0 Å². The highest BCUT2D eigenvalue weighted by Crippen LogP contribution is 2.31. The lowest BCUT2D eigenvalue weighted by molar-refractivity contribution is 0.199. The Morgan fingerprint density at radius 2 is 2.29 bits per heavy atom. The van der Waals surface area contributed by atoms with Crippen LogP contribution >= 0.6 is 0 Å². The molecule has 0 aromatic heterocycles. The third-order valence-corrected chi connectivity index (χ3v) is 4.17. The molecule has 118 valence electrons. The van der Waals surface area contributed by atoms with Crippen molar-refractivity contribution in [3.8, 4) is 0 Å². The highest BCUT2D eigenvalue weighted by Gasteiger charge is 2.25. The van der Waals surface area contributed by atoms with Crippen LogP contribution in [0.5, 0.6) is 0 Å². The van der Waals surface area contributed by atoms with Crippen LogP contribution in [0.25, 0.3) is 0 Å². The largest absolute Gasteiger partial charge is 0.383 e. The van der Waals surface area contributed by atoms with Crippen molar-refractivity contribution in [3.05, 3.63) is 29.6 Å². The Kier molecular flexibility index (Phi) is 6.46. The molecule has 0 aliphatic carbocycles. The lowest BCUT2D eigenvalue weighted by atomic mass is 10.0. The third kappa shape index (κ3) is 4.42. The maximum absolute atomic E-state index is 14.3. The topological polar surface area (TPSA) is 24.5 Å². The number of halogens is 1. The van der Waals surface area contributed by atoms with E-state index in [1.807, 2.05) is 6.07 Å². The summed E-state index contributed by atoms with van der Waals surface area (Å²) in [4.78, 5) is 2.23. The highest BCUT2D eigenvalue weighted by atomic mass is 19.1. The van der Waals surface area contributed by atoms with Crippen LogP contribution in [-0.2, 0) is 11.3 Å². The van der Waals surface area contributed by atoms with Crippen molar-refractivity contribution in [2.24, 2.45) is 5.92 Å². The number of hydrogen-bond donors (Lipinski definition) is 1. The fourth-order valence-electron chi connectivity index (χ4n) is 3.13. The quantitative estimate of drug-likeness (QED) is 0.745. The van der Waals surface area contributed by atoms with Gasteiger partial charge in [-0.15, -0.1) is 0 Å².